The van der Waals surface area contributed by atoms with Crippen molar-refractivity contribution in [2.45, 2.75) is 111 Å². The average molecular weight is 508 g/mol. The minimum Gasteiger partial charge on any atom is -0.458 e. The van der Waals surface area contributed by atoms with Gasteiger partial charge in [0.15, 0.2) is 0 Å². The molecule has 0 spiro atoms. The van der Waals surface area contributed by atoms with Crippen molar-refractivity contribution in [1.82, 2.24) is 4.98 Å². The zero-order valence-electron chi connectivity index (χ0n) is 22.0. The summed E-state index contributed by atoms with van der Waals surface area (Å²) in [6.45, 7) is 12.8. The van der Waals surface area contributed by atoms with Crippen molar-refractivity contribution in [3.05, 3.63) is 21.7 Å². The van der Waals surface area contributed by atoms with Crippen LogP contribution in [0.2, 0.25) is 0 Å². The van der Waals surface area contributed by atoms with E-state index in [0.29, 0.717) is 6.42 Å². The first-order chi connectivity index (χ1) is 16.2. The predicted molar refractivity (Wildman–Crippen MR) is 136 cm³/mol. The van der Waals surface area contributed by atoms with E-state index in [1.54, 1.807) is 32.1 Å². The second-order valence-electron chi connectivity index (χ2n) is 11.3. The number of carbonyl (C=O) groups excluding carboxylic acids is 2. The number of aliphatic hydroxyl groups excluding tert-OH is 2. The number of aromatic nitrogens is 1. The molecule has 1 aromatic heterocycles. The van der Waals surface area contributed by atoms with Crippen LogP contribution in [0.25, 0.3) is 6.08 Å². The van der Waals surface area contributed by atoms with Crippen LogP contribution in [0.3, 0.4) is 0 Å². The SMILES string of the molecule is C/C(=C/c1csc(C)n1)[C@@H]1C[C@H]2O[C@@]2(C)CCC[C@@H](C)[C@@H](O)[C@H](C)C(=O)C(C)(C)[C@H](O)CC(=O)O1. The van der Waals surface area contributed by atoms with E-state index < -0.39 is 35.6 Å². The van der Waals surface area contributed by atoms with Gasteiger partial charge in [0.25, 0.3) is 0 Å². The number of carbonyl (C=O) groups is 2. The van der Waals surface area contributed by atoms with Crippen molar-refractivity contribution in [2.24, 2.45) is 17.3 Å². The number of esters is 1. The van der Waals surface area contributed by atoms with E-state index in [1.807, 2.05) is 32.2 Å². The number of Topliss-reactive ketones (excluding diaryl/α,β-unsaturated/α-hetero) is 1. The maximum absolute atomic E-state index is 13.2. The van der Waals surface area contributed by atoms with E-state index >= 15 is 0 Å². The largest absolute Gasteiger partial charge is 0.458 e. The minimum absolute atomic E-state index is 0.0455. The second-order valence-corrected chi connectivity index (χ2v) is 12.3. The summed E-state index contributed by atoms with van der Waals surface area (Å²) in [5.41, 5.74) is 0.179. The number of ketones is 1. The summed E-state index contributed by atoms with van der Waals surface area (Å²) in [5.74, 6) is -1.55. The molecule has 2 saturated heterocycles. The highest BCUT2D eigenvalue weighted by Crippen LogP contribution is 2.45. The molecule has 3 heterocycles. The van der Waals surface area contributed by atoms with Crippen molar-refractivity contribution in [3.63, 3.8) is 0 Å². The highest BCUT2D eigenvalue weighted by atomic mass is 32.1. The molecule has 3 rings (SSSR count). The lowest BCUT2D eigenvalue weighted by molar-refractivity contribution is -0.154. The Balaban J connectivity index is 1.85. The molecular formula is C27H41NO6S. The molecule has 0 amide bonds. The zero-order valence-corrected chi connectivity index (χ0v) is 22.9. The first-order valence-electron chi connectivity index (χ1n) is 12.6. The lowest BCUT2D eigenvalue weighted by Gasteiger charge is -2.34. The second kappa shape index (κ2) is 10.8. The normalized spacial score (nSPS) is 37.5. The third kappa shape index (κ3) is 6.59. The van der Waals surface area contributed by atoms with Gasteiger partial charge < -0.3 is 19.7 Å². The number of hydrogen-bond donors (Lipinski definition) is 2. The Hall–Kier alpha value is -1.61. The first kappa shape index (κ1) is 28.0. The molecule has 0 bridgehead atoms. The molecule has 7 nitrogen and oxygen atoms in total. The van der Waals surface area contributed by atoms with Crippen LogP contribution in [0.1, 0.15) is 84.3 Å². The van der Waals surface area contributed by atoms with Crippen LogP contribution < -0.4 is 0 Å². The number of aryl methyl sites for hydroxylation is 1. The highest BCUT2D eigenvalue weighted by Gasteiger charge is 2.53. The quantitative estimate of drug-likeness (QED) is 0.449. The van der Waals surface area contributed by atoms with Gasteiger partial charge in [-0.3, -0.25) is 9.59 Å². The average Bonchev–Trinajstić information content (AvgIpc) is 3.22. The van der Waals surface area contributed by atoms with Crippen LogP contribution in [-0.2, 0) is 19.1 Å². The summed E-state index contributed by atoms with van der Waals surface area (Å²) in [6, 6.07) is 0. The van der Waals surface area contributed by atoms with Crippen LogP contribution in [0.4, 0.5) is 0 Å². The Morgan fingerprint density at radius 3 is 2.54 bits per heavy atom. The van der Waals surface area contributed by atoms with Gasteiger partial charge in [0.2, 0.25) is 0 Å². The number of aliphatic hydroxyl groups is 2. The lowest BCUT2D eigenvalue weighted by atomic mass is 9.73. The Labute approximate surface area is 212 Å². The van der Waals surface area contributed by atoms with Gasteiger partial charge >= 0.3 is 5.97 Å². The number of epoxide rings is 1. The van der Waals surface area contributed by atoms with Crippen LogP contribution >= 0.6 is 11.3 Å². The summed E-state index contributed by atoms with van der Waals surface area (Å²) in [7, 11) is 0. The van der Waals surface area contributed by atoms with E-state index in [-0.39, 0.29) is 29.8 Å². The molecule has 2 aliphatic rings. The van der Waals surface area contributed by atoms with Crippen molar-refractivity contribution >= 4 is 29.2 Å². The van der Waals surface area contributed by atoms with Crippen molar-refractivity contribution < 1.29 is 29.3 Å². The molecule has 0 radical (unpaired) electrons. The van der Waals surface area contributed by atoms with E-state index in [2.05, 4.69) is 11.9 Å². The summed E-state index contributed by atoms with van der Waals surface area (Å²) in [6.07, 6.45) is 1.98. The van der Waals surface area contributed by atoms with Crippen molar-refractivity contribution in [1.29, 1.82) is 0 Å². The van der Waals surface area contributed by atoms with Crippen LogP contribution in [0, 0.1) is 24.2 Å². The van der Waals surface area contributed by atoms with E-state index in [9.17, 15) is 19.8 Å². The Morgan fingerprint density at radius 2 is 1.91 bits per heavy atom. The molecule has 0 unspecified atom stereocenters. The first-order valence-corrected chi connectivity index (χ1v) is 13.5. The number of thiazole rings is 1. The Kier molecular flexibility index (Phi) is 8.62. The molecule has 0 aromatic carbocycles. The summed E-state index contributed by atoms with van der Waals surface area (Å²) >= 11 is 1.56. The van der Waals surface area contributed by atoms with Crippen molar-refractivity contribution in [3.8, 4) is 0 Å². The molecule has 0 saturated carbocycles. The smallest absolute Gasteiger partial charge is 0.309 e. The third-order valence-corrected chi connectivity index (χ3v) is 8.72. The number of fused-ring (bicyclic) bond motifs is 1. The fourth-order valence-electron chi connectivity index (χ4n) is 5.07. The molecule has 196 valence electrons. The van der Waals surface area contributed by atoms with Gasteiger partial charge in [-0.25, -0.2) is 4.98 Å². The van der Waals surface area contributed by atoms with Gasteiger partial charge in [0.05, 0.1) is 46.5 Å². The van der Waals surface area contributed by atoms with E-state index in [4.69, 9.17) is 9.47 Å². The molecule has 2 aliphatic heterocycles. The lowest BCUT2D eigenvalue weighted by Crippen LogP contribution is -2.45. The minimum atomic E-state index is -1.23. The Bertz CT molecular complexity index is 955. The third-order valence-electron chi connectivity index (χ3n) is 7.93. The summed E-state index contributed by atoms with van der Waals surface area (Å²) in [5, 5.41) is 24.6. The fourth-order valence-corrected chi connectivity index (χ4v) is 5.64. The van der Waals surface area contributed by atoms with Gasteiger partial charge in [-0.1, -0.05) is 34.1 Å². The number of ether oxygens (including phenoxy) is 2. The maximum Gasteiger partial charge on any atom is 0.309 e. The number of cyclic esters (lactones) is 1. The molecule has 8 heteroatoms. The number of rotatable bonds is 2. The maximum atomic E-state index is 13.2. The predicted octanol–water partition coefficient (Wildman–Crippen LogP) is 4.48. The zero-order chi connectivity index (χ0) is 26.1. The molecule has 35 heavy (non-hydrogen) atoms. The fraction of sp³-hybridized carbons (Fsp3) is 0.741. The van der Waals surface area contributed by atoms with Gasteiger partial charge in [-0.15, -0.1) is 11.3 Å². The van der Waals surface area contributed by atoms with Gasteiger partial charge in [-0.2, -0.15) is 0 Å². The van der Waals surface area contributed by atoms with Crippen LogP contribution in [0.15, 0.2) is 11.0 Å². The van der Waals surface area contributed by atoms with Gasteiger partial charge in [0, 0.05) is 17.7 Å². The van der Waals surface area contributed by atoms with Gasteiger partial charge in [0.1, 0.15) is 11.9 Å². The number of nitrogens with zero attached hydrogens (tertiary/aromatic N) is 1. The topological polar surface area (TPSA) is 109 Å². The van der Waals surface area contributed by atoms with Crippen LogP contribution in [0.5, 0.6) is 0 Å². The monoisotopic (exact) mass is 507 g/mol. The Morgan fingerprint density at radius 1 is 1.23 bits per heavy atom. The highest BCUT2D eigenvalue weighted by molar-refractivity contribution is 7.09. The van der Waals surface area contributed by atoms with Gasteiger partial charge in [-0.05, 0) is 51.2 Å². The number of hydrogen-bond acceptors (Lipinski definition) is 8. The van der Waals surface area contributed by atoms with E-state index in [1.165, 1.54) is 0 Å². The molecule has 2 fully saturated rings. The molecule has 0 aliphatic carbocycles. The molecular weight excluding hydrogens is 466 g/mol. The van der Waals surface area contributed by atoms with Crippen LogP contribution in [-0.4, -0.2) is 57.0 Å². The standard InChI is InChI=1S/C27H41NO6S/c1-15-9-8-10-27(7)22(34-27)12-20(16(2)11-19-14-35-18(4)28-19)33-23(30)13-21(29)26(5,6)25(32)17(3)24(15)31/h11,14-15,17,20-22,24,29,31H,8-10,12-13H2,1-7H3/b16-11-/t15-,17+,20+,21-,22-,24-,27+/m1/s1. The molecule has 1 aromatic rings. The summed E-state index contributed by atoms with van der Waals surface area (Å²) in [4.78, 5) is 30.6. The molecule has 7 atom stereocenters. The summed E-state index contributed by atoms with van der Waals surface area (Å²) < 4.78 is 11.9. The van der Waals surface area contributed by atoms with E-state index in [0.717, 1.165) is 35.5 Å². The van der Waals surface area contributed by atoms with Crippen molar-refractivity contribution in [2.75, 3.05) is 0 Å². The molecule has 2 N–H and O–H groups in total.